The first-order valence-corrected chi connectivity index (χ1v) is 8.52. The molecule has 6 nitrogen and oxygen atoms in total. The van der Waals surface area contributed by atoms with Gasteiger partial charge in [-0.15, -0.1) is 0 Å². The Labute approximate surface area is 148 Å². The number of benzene rings is 1. The number of carbonyl (C=O) groups excluding carboxylic acids is 1. The van der Waals surface area contributed by atoms with Crippen LogP contribution in [0.15, 0.2) is 35.7 Å². The van der Waals surface area contributed by atoms with Gasteiger partial charge in [0.2, 0.25) is 5.91 Å². The average Bonchev–Trinajstić information content (AvgIpc) is 2.56. The first-order valence-electron chi connectivity index (χ1n) is 7.16. The van der Waals surface area contributed by atoms with Crippen LogP contribution in [0.25, 0.3) is 11.0 Å². The molecule has 0 spiro atoms. The van der Waals surface area contributed by atoms with E-state index in [9.17, 15) is 4.79 Å². The number of fused-ring (bicyclic) bond motifs is 1. The number of amides is 1. The van der Waals surface area contributed by atoms with E-state index in [1.807, 2.05) is 13.0 Å². The Balaban J connectivity index is 1.72. The minimum Gasteiger partial charge on any atom is -0.325 e. The van der Waals surface area contributed by atoms with Gasteiger partial charge in [0, 0.05) is 16.9 Å². The Kier molecular flexibility index (Phi) is 4.92. The van der Waals surface area contributed by atoms with Crippen LogP contribution in [0.2, 0.25) is 5.02 Å². The van der Waals surface area contributed by atoms with E-state index in [-0.39, 0.29) is 11.7 Å². The van der Waals surface area contributed by atoms with Crippen LogP contribution in [0.1, 0.15) is 11.4 Å². The number of carbonyl (C=O) groups is 1. The summed E-state index contributed by atoms with van der Waals surface area (Å²) >= 11 is 7.28. The molecule has 0 aliphatic heterocycles. The number of thioether (sulfide) groups is 1. The minimum atomic E-state index is -0.134. The van der Waals surface area contributed by atoms with E-state index in [2.05, 4.69) is 25.3 Å². The van der Waals surface area contributed by atoms with Gasteiger partial charge in [0.25, 0.3) is 0 Å². The highest BCUT2D eigenvalue weighted by atomic mass is 35.5. The van der Waals surface area contributed by atoms with Gasteiger partial charge in [0.15, 0.2) is 5.65 Å². The SMILES string of the molecule is Cc1ncc2c(SCC(=O)Nc3cc(Cl)ccc3C)ncnc2n1. The summed E-state index contributed by atoms with van der Waals surface area (Å²) in [5.74, 6) is 0.725. The largest absolute Gasteiger partial charge is 0.325 e. The van der Waals surface area contributed by atoms with Crippen molar-refractivity contribution in [1.82, 2.24) is 19.9 Å². The van der Waals surface area contributed by atoms with Crippen molar-refractivity contribution in [3.63, 3.8) is 0 Å². The molecule has 0 saturated carbocycles. The monoisotopic (exact) mass is 359 g/mol. The second-order valence-electron chi connectivity index (χ2n) is 5.13. The van der Waals surface area contributed by atoms with Crippen molar-refractivity contribution in [2.45, 2.75) is 18.9 Å². The topological polar surface area (TPSA) is 80.7 Å². The van der Waals surface area contributed by atoms with E-state index in [0.29, 0.717) is 27.2 Å². The van der Waals surface area contributed by atoms with E-state index in [1.54, 1.807) is 25.3 Å². The standard InChI is InChI=1S/C16H14ClN5OS/c1-9-3-4-11(17)5-13(9)22-14(23)7-24-16-12-6-18-10(2)21-15(12)19-8-20-16/h3-6,8H,7H2,1-2H3,(H,22,23). The van der Waals surface area contributed by atoms with Gasteiger partial charge in [-0.2, -0.15) is 0 Å². The zero-order chi connectivity index (χ0) is 17.1. The maximum Gasteiger partial charge on any atom is 0.234 e. The lowest BCUT2D eigenvalue weighted by molar-refractivity contribution is -0.113. The van der Waals surface area contributed by atoms with Crippen LogP contribution in [0.5, 0.6) is 0 Å². The van der Waals surface area contributed by atoms with Crippen molar-refractivity contribution < 1.29 is 4.79 Å². The first-order chi connectivity index (χ1) is 11.5. The fourth-order valence-corrected chi connectivity index (χ4v) is 3.01. The van der Waals surface area contributed by atoms with Gasteiger partial charge in [0.05, 0.1) is 11.1 Å². The highest BCUT2D eigenvalue weighted by Gasteiger charge is 2.10. The van der Waals surface area contributed by atoms with Crippen molar-refractivity contribution in [3.8, 4) is 0 Å². The molecule has 0 radical (unpaired) electrons. The van der Waals surface area contributed by atoms with Crippen molar-refractivity contribution >= 4 is 46.0 Å². The summed E-state index contributed by atoms with van der Waals surface area (Å²) in [4.78, 5) is 29.0. The molecule has 3 aromatic rings. The Morgan fingerprint density at radius 2 is 2.08 bits per heavy atom. The molecule has 122 valence electrons. The van der Waals surface area contributed by atoms with Crippen LogP contribution in [-0.2, 0) is 4.79 Å². The summed E-state index contributed by atoms with van der Waals surface area (Å²) in [5.41, 5.74) is 2.24. The first kappa shape index (κ1) is 16.6. The fraction of sp³-hybridized carbons (Fsp3) is 0.188. The van der Waals surface area contributed by atoms with Crippen molar-refractivity contribution in [2.24, 2.45) is 0 Å². The molecular weight excluding hydrogens is 346 g/mol. The minimum absolute atomic E-state index is 0.134. The highest BCUT2D eigenvalue weighted by Crippen LogP contribution is 2.24. The summed E-state index contributed by atoms with van der Waals surface area (Å²) < 4.78 is 0. The molecule has 1 amide bonds. The molecule has 0 aliphatic rings. The third-order valence-corrected chi connectivity index (χ3v) is 4.53. The van der Waals surface area contributed by atoms with Gasteiger partial charge in [0.1, 0.15) is 17.2 Å². The molecule has 1 N–H and O–H groups in total. The Bertz CT molecular complexity index is 918. The van der Waals surface area contributed by atoms with Crippen LogP contribution < -0.4 is 5.32 Å². The summed E-state index contributed by atoms with van der Waals surface area (Å²) in [6.45, 7) is 3.71. The molecule has 0 saturated heterocycles. The smallest absolute Gasteiger partial charge is 0.234 e. The lowest BCUT2D eigenvalue weighted by Gasteiger charge is -2.09. The molecule has 0 bridgehead atoms. The normalized spacial score (nSPS) is 10.8. The number of nitrogens with one attached hydrogen (secondary N) is 1. The summed E-state index contributed by atoms with van der Waals surface area (Å²) in [5, 5.41) is 4.86. The predicted octanol–water partition coefficient (Wildman–Crippen LogP) is 3.42. The Morgan fingerprint density at radius 3 is 2.92 bits per heavy atom. The number of rotatable bonds is 4. The number of halogens is 1. The summed E-state index contributed by atoms with van der Waals surface area (Å²) in [7, 11) is 0. The van der Waals surface area contributed by atoms with Crippen LogP contribution in [0, 0.1) is 13.8 Å². The lowest BCUT2D eigenvalue weighted by Crippen LogP contribution is -2.15. The van der Waals surface area contributed by atoms with Gasteiger partial charge < -0.3 is 5.32 Å². The summed E-state index contributed by atoms with van der Waals surface area (Å²) in [6, 6.07) is 5.38. The molecule has 2 aromatic heterocycles. The van der Waals surface area contributed by atoms with Crippen LogP contribution in [-0.4, -0.2) is 31.6 Å². The van der Waals surface area contributed by atoms with Crippen LogP contribution in [0.3, 0.4) is 0 Å². The van der Waals surface area contributed by atoms with Gasteiger partial charge in [-0.3, -0.25) is 4.79 Å². The maximum atomic E-state index is 12.2. The average molecular weight is 360 g/mol. The van der Waals surface area contributed by atoms with Crippen LogP contribution in [0.4, 0.5) is 5.69 Å². The zero-order valence-electron chi connectivity index (χ0n) is 13.1. The zero-order valence-corrected chi connectivity index (χ0v) is 14.6. The third-order valence-electron chi connectivity index (χ3n) is 3.29. The van der Waals surface area contributed by atoms with E-state index >= 15 is 0 Å². The number of aryl methyl sites for hydroxylation is 2. The molecule has 0 atom stereocenters. The molecule has 1 aromatic carbocycles. The van der Waals surface area contributed by atoms with E-state index in [0.717, 1.165) is 10.9 Å². The summed E-state index contributed by atoms with van der Waals surface area (Å²) in [6.07, 6.45) is 3.12. The Morgan fingerprint density at radius 1 is 1.25 bits per heavy atom. The van der Waals surface area contributed by atoms with Crippen molar-refractivity contribution in [2.75, 3.05) is 11.1 Å². The Hall–Kier alpha value is -2.25. The third kappa shape index (κ3) is 3.80. The van der Waals surface area contributed by atoms with E-state index < -0.39 is 0 Å². The van der Waals surface area contributed by atoms with Crippen molar-refractivity contribution in [1.29, 1.82) is 0 Å². The van der Waals surface area contributed by atoms with Crippen LogP contribution >= 0.6 is 23.4 Å². The van der Waals surface area contributed by atoms with Gasteiger partial charge in [-0.05, 0) is 31.5 Å². The van der Waals surface area contributed by atoms with Crippen molar-refractivity contribution in [3.05, 3.63) is 47.1 Å². The molecule has 0 aliphatic carbocycles. The van der Waals surface area contributed by atoms with Gasteiger partial charge in [-0.25, -0.2) is 19.9 Å². The number of nitrogens with zero attached hydrogens (tertiary/aromatic N) is 4. The fourth-order valence-electron chi connectivity index (χ4n) is 2.08. The van der Waals surface area contributed by atoms with E-state index in [1.165, 1.54) is 18.1 Å². The quantitative estimate of drug-likeness (QED) is 0.568. The molecular formula is C16H14ClN5OS. The molecule has 0 fully saturated rings. The highest BCUT2D eigenvalue weighted by molar-refractivity contribution is 8.00. The maximum absolute atomic E-state index is 12.2. The molecule has 8 heteroatoms. The number of hydrogen-bond acceptors (Lipinski definition) is 6. The van der Waals surface area contributed by atoms with Gasteiger partial charge >= 0.3 is 0 Å². The van der Waals surface area contributed by atoms with E-state index in [4.69, 9.17) is 11.6 Å². The molecule has 0 unspecified atom stereocenters. The molecule has 2 heterocycles. The van der Waals surface area contributed by atoms with Gasteiger partial charge in [-0.1, -0.05) is 29.4 Å². The number of hydrogen-bond donors (Lipinski definition) is 1. The lowest BCUT2D eigenvalue weighted by atomic mass is 10.2. The molecule has 24 heavy (non-hydrogen) atoms. The predicted molar refractivity (Wildman–Crippen MR) is 95.4 cm³/mol. The second-order valence-corrected chi connectivity index (χ2v) is 6.53. The number of aromatic nitrogens is 4. The number of anilines is 1. The molecule has 3 rings (SSSR count). The second kappa shape index (κ2) is 7.11.